The van der Waals surface area contributed by atoms with Crippen LogP contribution < -0.4 is 10.5 Å². The van der Waals surface area contributed by atoms with Crippen LogP contribution in [0, 0.1) is 12.3 Å². The lowest BCUT2D eigenvalue weighted by molar-refractivity contribution is 0.415. The Hall–Kier alpha value is -2.35. The van der Waals surface area contributed by atoms with Gasteiger partial charge in [-0.3, -0.25) is 0 Å². The molecule has 2 aromatic carbocycles. The number of nitrogens with zero attached hydrogens (tertiary/aromatic N) is 1. The molecule has 124 valence electrons. The lowest BCUT2D eigenvalue weighted by Crippen LogP contribution is -2.13. The van der Waals surface area contributed by atoms with E-state index in [9.17, 15) is 0 Å². The number of hydrogen-bond donors (Lipinski definition) is 1. The van der Waals surface area contributed by atoms with E-state index in [4.69, 9.17) is 16.9 Å². The Bertz CT molecular complexity index is 848. The average molecular weight is 338 g/mol. The van der Waals surface area contributed by atoms with Crippen molar-refractivity contribution in [2.24, 2.45) is 5.73 Å². The number of methoxy groups -OCH3 is 1. The van der Waals surface area contributed by atoms with Gasteiger partial charge in [0.05, 0.1) is 23.4 Å². The Kier molecular flexibility index (Phi) is 6.36. The molecule has 0 aliphatic carbocycles. The molecule has 3 rings (SSSR count). The van der Waals surface area contributed by atoms with Gasteiger partial charge in [-0.1, -0.05) is 31.9 Å². The number of thiazole rings is 1. The highest BCUT2D eigenvalue weighted by molar-refractivity contribution is 7.18. The fourth-order valence-corrected chi connectivity index (χ4v) is 3.34. The van der Waals surface area contributed by atoms with Crippen LogP contribution in [0.4, 0.5) is 0 Å². The van der Waals surface area contributed by atoms with Crippen LogP contribution in [-0.2, 0) is 6.42 Å². The molecule has 0 aliphatic heterocycles. The molecule has 3 aromatic rings. The maximum Gasteiger partial charge on any atom is 0.120 e. The van der Waals surface area contributed by atoms with Crippen molar-refractivity contribution in [3.05, 3.63) is 58.6 Å². The van der Waals surface area contributed by atoms with Crippen LogP contribution in [-0.4, -0.2) is 12.1 Å². The largest absolute Gasteiger partial charge is 0.497 e. The van der Waals surface area contributed by atoms with Crippen molar-refractivity contribution in [3.8, 4) is 18.1 Å². The van der Waals surface area contributed by atoms with Crippen molar-refractivity contribution in [2.75, 3.05) is 7.11 Å². The first-order valence-corrected chi connectivity index (χ1v) is 8.77. The molecule has 0 saturated heterocycles. The third-order valence-corrected chi connectivity index (χ3v) is 4.63. The first-order chi connectivity index (χ1) is 11.7. The first kappa shape index (κ1) is 18.0. The molecule has 1 heterocycles. The van der Waals surface area contributed by atoms with E-state index in [0.29, 0.717) is 6.42 Å². The van der Waals surface area contributed by atoms with Gasteiger partial charge in [0.1, 0.15) is 10.8 Å². The molecule has 1 unspecified atom stereocenters. The minimum atomic E-state index is -0.142. The third-order valence-electron chi connectivity index (χ3n) is 3.48. The molecule has 4 heteroatoms. The van der Waals surface area contributed by atoms with Gasteiger partial charge in [-0.05, 0) is 42.3 Å². The van der Waals surface area contributed by atoms with Crippen LogP contribution in [0.25, 0.3) is 10.2 Å². The number of terminal acetylenes is 1. The summed E-state index contributed by atoms with van der Waals surface area (Å²) in [6.07, 6.45) is 6.15. The van der Waals surface area contributed by atoms with Crippen molar-refractivity contribution >= 4 is 21.6 Å². The van der Waals surface area contributed by atoms with Crippen molar-refractivity contribution in [2.45, 2.75) is 26.3 Å². The number of fused-ring (bicyclic) bond motifs is 1. The summed E-state index contributed by atoms with van der Waals surface area (Å²) in [6, 6.07) is 13.6. The van der Waals surface area contributed by atoms with Crippen molar-refractivity contribution in [1.29, 1.82) is 0 Å². The Labute approximate surface area is 147 Å². The predicted octanol–water partition coefficient (Wildman–Crippen LogP) is 4.55. The highest BCUT2D eigenvalue weighted by atomic mass is 32.1. The molecule has 1 aromatic heterocycles. The molecule has 0 amide bonds. The summed E-state index contributed by atoms with van der Waals surface area (Å²) in [5.74, 6) is 3.48. The third kappa shape index (κ3) is 4.14. The lowest BCUT2D eigenvalue weighted by Gasteiger charge is -2.08. The van der Waals surface area contributed by atoms with Crippen molar-refractivity contribution in [1.82, 2.24) is 4.98 Å². The van der Waals surface area contributed by atoms with Gasteiger partial charge < -0.3 is 10.5 Å². The number of rotatable bonds is 4. The monoisotopic (exact) mass is 338 g/mol. The van der Waals surface area contributed by atoms with Gasteiger partial charge >= 0.3 is 0 Å². The van der Waals surface area contributed by atoms with Gasteiger partial charge in [0.2, 0.25) is 0 Å². The summed E-state index contributed by atoms with van der Waals surface area (Å²) in [6.45, 7) is 4.00. The summed E-state index contributed by atoms with van der Waals surface area (Å²) in [7, 11) is 1.66. The van der Waals surface area contributed by atoms with Crippen LogP contribution >= 0.6 is 11.3 Å². The molecule has 0 radical (unpaired) electrons. The van der Waals surface area contributed by atoms with Crippen LogP contribution in [0.3, 0.4) is 0 Å². The normalized spacial score (nSPS) is 11.3. The average Bonchev–Trinajstić information content (AvgIpc) is 3.06. The second kappa shape index (κ2) is 8.49. The van der Waals surface area contributed by atoms with Crippen LogP contribution in [0.1, 0.15) is 36.0 Å². The Balaban J connectivity index is 0.00000100. The van der Waals surface area contributed by atoms with Gasteiger partial charge in [0, 0.05) is 5.56 Å². The van der Waals surface area contributed by atoms with Gasteiger partial charge in [-0.15, -0.1) is 17.8 Å². The maximum atomic E-state index is 6.32. The SMILES string of the molecule is C#Cc1cccc(CC(N)c2nc3ccc(OC)cc3s2)c1.CC. The van der Waals surface area contributed by atoms with E-state index in [2.05, 4.69) is 10.9 Å². The van der Waals surface area contributed by atoms with E-state index in [1.807, 2.05) is 56.3 Å². The zero-order valence-electron chi connectivity index (χ0n) is 14.2. The summed E-state index contributed by atoms with van der Waals surface area (Å²) in [5.41, 5.74) is 9.27. The highest BCUT2D eigenvalue weighted by Crippen LogP contribution is 2.30. The highest BCUT2D eigenvalue weighted by Gasteiger charge is 2.13. The molecule has 0 bridgehead atoms. The number of hydrogen-bond acceptors (Lipinski definition) is 4. The smallest absolute Gasteiger partial charge is 0.120 e. The summed E-state index contributed by atoms with van der Waals surface area (Å²) < 4.78 is 6.33. The van der Waals surface area contributed by atoms with E-state index in [0.717, 1.165) is 32.1 Å². The quantitative estimate of drug-likeness (QED) is 0.710. The topological polar surface area (TPSA) is 48.1 Å². The molecule has 3 nitrogen and oxygen atoms in total. The van der Waals surface area contributed by atoms with E-state index in [-0.39, 0.29) is 6.04 Å². The second-order valence-corrected chi connectivity index (χ2v) is 6.10. The molecule has 0 saturated carbocycles. The van der Waals surface area contributed by atoms with Crippen LogP contribution in [0.15, 0.2) is 42.5 Å². The summed E-state index contributed by atoms with van der Waals surface area (Å²) >= 11 is 1.61. The summed E-state index contributed by atoms with van der Waals surface area (Å²) in [4.78, 5) is 4.62. The van der Waals surface area contributed by atoms with Crippen LogP contribution in [0.5, 0.6) is 5.75 Å². The minimum absolute atomic E-state index is 0.142. The molecular weight excluding hydrogens is 316 g/mol. The van der Waals surface area contributed by atoms with Gasteiger partial charge in [0.15, 0.2) is 0 Å². The molecule has 0 spiro atoms. The Morgan fingerprint density at radius 3 is 2.75 bits per heavy atom. The number of nitrogens with two attached hydrogens (primary N) is 1. The van der Waals surface area contributed by atoms with Gasteiger partial charge in [0.25, 0.3) is 0 Å². The number of benzene rings is 2. The van der Waals surface area contributed by atoms with Gasteiger partial charge in [-0.2, -0.15) is 0 Å². The van der Waals surface area contributed by atoms with E-state index in [1.165, 1.54) is 0 Å². The number of ether oxygens (including phenoxy) is 1. The predicted molar refractivity (Wildman–Crippen MR) is 103 cm³/mol. The Morgan fingerprint density at radius 1 is 1.25 bits per heavy atom. The lowest BCUT2D eigenvalue weighted by atomic mass is 10.0. The molecule has 0 fully saturated rings. The van der Waals surface area contributed by atoms with Crippen molar-refractivity contribution in [3.63, 3.8) is 0 Å². The van der Waals surface area contributed by atoms with E-state index < -0.39 is 0 Å². The molecule has 24 heavy (non-hydrogen) atoms. The minimum Gasteiger partial charge on any atom is -0.497 e. The number of aromatic nitrogens is 1. The molecule has 2 N–H and O–H groups in total. The molecular formula is C20H22N2OS. The molecule has 0 aliphatic rings. The first-order valence-electron chi connectivity index (χ1n) is 7.95. The van der Waals surface area contributed by atoms with E-state index >= 15 is 0 Å². The van der Waals surface area contributed by atoms with Crippen molar-refractivity contribution < 1.29 is 4.74 Å². The standard InChI is InChI=1S/C18H16N2OS.C2H6/c1-3-12-5-4-6-13(9-12)10-15(19)18-20-16-8-7-14(21-2)11-17(16)22-18;1-2/h1,4-9,11,15H,10,19H2,2H3;1-2H3. The molecule has 1 atom stereocenters. The Morgan fingerprint density at radius 2 is 2.04 bits per heavy atom. The zero-order valence-corrected chi connectivity index (χ0v) is 15.1. The van der Waals surface area contributed by atoms with Gasteiger partial charge in [-0.25, -0.2) is 4.98 Å². The van der Waals surface area contributed by atoms with Crippen LogP contribution in [0.2, 0.25) is 0 Å². The zero-order chi connectivity index (χ0) is 17.5. The maximum absolute atomic E-state index is 6.32. The summed E-state index contributed by atoms with van der Waals surface area (Å²) in [5, 5.41) is 0.925. The second-order valence-electron chi connectivity index (χ2n) is 5.04. The fourth-order valence-electron chi connectivity index (χ4n) is 2.34. The van der Waals surface area contributed by atoms with E-state index in [1.54, 1.807) is 18.4 Å². The fraction of sp³-hybridized carbons (Fsp3) is 0.250.